The van der Waals surface area contributed by atoms with Crippen LogP contribution in [0.1, 0.15) is 40.7 Å². The van der Waals surface area contributed by atoms with Gasteiger partial charge in [-0.3, -0.25) is 19.8 Å². The van der Waals surface area contributed by atoms with Crippen molar-refractivity contribution in [3.05, 3.63) is 52.5 Å². The molecular formula is C23H24N4O2S. The van der Waals surface area contributed by atoms with Crippen LogP contribution in [0.3, 0.4) is 0 Å². The minimum atomic E-state index is -0.245. The molecule has 0 atom stereocenters. The molecule has 1 aliphatic carbocycles. The minimum Gasteiger partial charge on any atom is -0.325 e. The number of anilines is 2. The Morgan fingerprint density at radius 2 is 1.93 bits per heavy atom. The highest BCUT2D eigenvalue weighted by atomic mass is 32.1. The van der Waals surface area contributed by atoms with Gasteiger partial charge in [0.25, 0.3) is 5.91 Å². The molecule has 2 heterocycles. The first kappa shape index (κ1) is 19.2. The molecule has 2 aromatic carbocycles. The molecule has 1 fully saturated rings. The number of likely N-dealkylation sites (N-methyl/N-ethyl adjacent to an activating group) is 1. The van der Waals surface area contributed by atoms with Crippen molar-refractivity contribution in [1.82, 2.24) is 9.88 Å². The predicted octanol–water partition coefficient (Wildman–Crippen LogP) is 4.28. The van der Waals surface area contributed by atoms with Crippen LogP contribution in [0, 0.1) is 5.92 Å². The van der Waals surface area contributed by atoms with Crippen molar-refractivity contribution in [2.24, 2.45) is 5.92 Å². The number of rotatable bonds is 5. The molecule has 30 heavy (non-hydrogen) atoms. The topological polar surface area (TPSA) is 74.3 Å². The van der Waals surface area contributed by atoms with E-state index in [1.54, 1.807) is 11.3 Å². The molecule has 7 heteroatoms. The summed E-state index contributed by atoms with van der Waals surface area (Å²) >= 11 is 1.54. The van der Waals surface area contributed by atoms with E-state index in [0.717, 1.165) is 55.4 Å². The Morgan fingerprint density at radius 1 is 1.17 bits per heavy atom. The summed E-state index contributed by atoms with van der Waals surface area (Å²) in [5, 5.41) is 8.51. The minimum absolute atomic E-state index is 0.0105. The van der Waals surface area contributed by atoms with Gasteiger partial charge in [-0.15, -0.1) is 11.3 Å². The highest BCUT2D eigenvalue weighted by Gasteiger charge is 2.30. The summed E-state index contributed by atoms with van der Waals surface area (Å²) in [6.07, 6.45) is 2.75. The number of amides is 2. The zero-order valence-corrected chi connectivity index (χ0v) is 17.7. The van der Waals surface area contributed by atoms with E-state index in [4.69, 9.17) is 0 Å². The third kappa shape index (κ3) is 3.82. The first-order chi connectivity index (χ1) is 14.6. The Hall–Kier alpha value is -2.77. The second-order valence-electron chi connectivity index (χ2n) is 7.97. The van der Waals surface area contributed by atoms with Crippen LogP contribution in [-0.2, 0) is 17.8 Å². The normalized spacial score (nSPS) is 16.3. The molecule has 1 aromatic heterocycles. The summed E-state index contributed by atoms with van der Waals surface area (Å²) in [4.78, 5) is 33.8. The van der Waals surface area contributed by atoms with Gasteiger partial charge in [-0.25, -0.2) is 4.98 Å². The van der Waals surface area contributed by atoms with Gasteiger partial charge in [-0.2, -0.15) is 0 Å². The van der Waals surface area contributed by atoms with Gasteiger partial charge in [0.1, 0.15) is 0 Å². The lowest BCUT2D eigenvalue weighted by Crippen LogP contribution is -2.29. The molecule has 2 aliphatic rings. The number of carbonyl (C=O) groups excluding carboxylic acids is 2. The Labute approximate surface area is 179 Å². The molecule has 0 radical (unpaired) electrons. The van der Waals surface area contributed by atoms with Crippen LogP contribution in [-0.4, -0.2) is 34.8 Å². The van der Waals surface area contributed by atoms with E-state index >= 15 is 0 Å². The number of nitrogens with one attached hydrogen (secondary N) is 2. The van der Waals surface area contributed by atoms with Crippen molar-refractivity contribution < 1.29 is 9.59 Å². The zero-order valence-electron chi connectivity index (χ0n) is 16.9. The molecule has 6 nitrogen and oxygen atoms in total. The molecule has 2 N–H and O–H groups in total. The second kappa shape index (κ2) is 7.81. The van der Waals surface area contributed by atoms with Gasteiger partial charge in [0.2, 0.25) is 5.91 Å². The van der Waals surface area contributed by atoms with Gasteiger partial charge in [-0.1, -0.05) is 31.2 Å². The highest BCUT2D eigenvalue weighted by Crippen LogP contribution is 2.33. The number of benzene rings is 2. The van der Waals surface area contributed by atoms with Crippen LogP contribution in [0.15, 0.2) is 36.4 Å². The lowest BCUT2D eigenvalue weighted by atomic mass is 10.0. The molecule has 3 aromatic rings. The Morgan fingerprint density at radius 3 is 2.67 bits per heavy atom. The quantitative estimate of drug-likeness (QED) is 0.646. The van der Waals surface area contributed by atoms with Crippen LogP contribution in [0.4, 0.5) is 10.8 Å². The molecule has 2 amide bonds. The number of nitrogens with zero attached hydrogens (tertiary/aromatic N) is 2. The fourth-order valence-corrected chi connectivity index (χ4v) is 4.89. The fourth-order valence-electron chi connectivity index (χ4n) is 3.85. The standard InChI is InChI=1S/C23H24N4O2S/c1-2-27-10-9-18-20(13-27)30-23(25-18)26-22(29)17-11-15-5-3-4-6-16(15)12-19(17)24-21(28)14-7-8-14/h3-6,11-12,14H,2,7-10,13H2,1H3,(H,24,28)(H,25,26,29). The van der Waals surface area contributed by atoms with Crippen LogP contribution in [0.25, 0.3) is 10.8 Å². The molecule has 5 rings (SSSR count). The van der Waals surface area contributed by atoms with Crippen LogP contribution < -0.4 is 10.6 Å². The third-order valence-electron chi connectivity index (χ3n) is 5.81. The summed E-state index contributed by atoms with van der Waals surface area (Å²) < 4.78 is 0. The summed E-state index contributed by atoms with van der Waals surface area (Å²) in [5.74, 6) is -0.187. The van der Waals surface area contributed by atoms with Gasteiger partial charge < -0.3 is 5.32 Å². The Balaban J connectivity index is 1.43. The number of carbonyl (C=O) groups is 2. The maximum absolute atomic E-state index is 13.2. The Kier molecular flexibility index (Phi) is 5.00. The van der Waals surface area contributed by atoms with Crippen molar-refractivity contribution in [1.29, 1.82) is 0 Å². The molecule has 1 aliphatic heterocycles. The van der Waals surface area contributed by atoms with E-state index in [0.29, 0.717) is 16.4 Å². The molecule has 0 bridgehead atoms. The maximum atomic E-state index is 13.2. The lowest BCUT2D eigenvalue weighted by molar-refractivity contribution is -0.117. The number of hydrogen-bond donors (Lipinski definition) is 2. The SMILES string of the molecule is CCN1CCc2nc(NC(=O)c3cc4ccccc4cc3NC(=O)C3CC3)sc2C1. The monoisotopic (exact) mass is 420 g/mol. The zero-order chi connectivity index (χ0) is 20.7. The number of thiazole rings is 1. The predicted molar refractivity (Wildman–Crippen MR) is 120 cm³/mol. The number of fused-ring (bicyclic) bond motifs is 2. The van der Waals surface area contributed by atoms with E-state index in [1.807, 2.05) is 36.4 Å². The summed E-state index contributed by atoms with van der Waals surface area (Å²) in [6, 6.07) is 11.6. The molecule has 0 spiro atoms. The van der Waals surface area contributed by atoms with E-state index in [1.165, 1.54) is 4.88 Å². The molecule has 0 saturated heterocycles. The summed E-state index contributed by atoms with van der Waals surface area (Å²) in [5.41, 5.74) is 2.11. The largest absolute Gasteiger partial charge is 0.325 e. The average Bonchev–Trinajstić information content (AvgIpc) is 3.53. The molecular weight excluding hydrogens is 396 g/mol. The van der Waals surface area contributed by atoms with Gasteiger partial charge in [0.05, 0.1) is 16.9 Å². The summed E-state index contributed by atoms with van der Waals surface area (Å²) in [6.45, 7) is 5.06. The molecule has 154 valence electrons. The van der Waals surface area contributed by atoms with Crippen molar-refractivity contribution in [2.75, 3.05) is 23.7 Å². The van der Waals surface area contributed by atoms with Crippen molar-refractivity contribution in [3.63, 3.8) is 0 Å². The summed E-state index contributed by atoms with van der Waals surface area (Å²) in [7, 11) is 0. The highest BCUT2D eigenvalue weighted by molar-refractivity contribution is 7.15. The molecule has 0 unspecified atom stereocenters. The van der Waals surface area contributed by atoms with Gasteiger partial charge in [-0.05, 0) is 42.3 Å². The lowest BCUT2D eigenvalue weighted by Gasteiger charge is -2.23. The van der Waals surface area contributed by atoms with Crippen molar-refractivity contribution in [3.8, 4) is 0 Å². The second-order valence-corrected chi connectivity index (χ2v) is 9.05. The number of hydrogen-bond acceptors (Lipinski definition) is 5. The van der Waals surface area contributed by atoms with Gasteiger partial charge in [0.15, 0.2) is 5.13 Å². The molecule has 1 saturated carbocycles. The van der Waals surface area contributed by atoms with Crippen LogP contribution >= 0.6 is 11.3 Å². The van der Waals surface area contributed by atoms with Crippen LogP contribution in [0.2, 0.25) is 0 Å². The number of aromatic nitrogens is 1. The smallest absolute Gasteiger partial charge is 0.259 e. The fraction of sp³-hybridized carbons (Fsp3) is 0.348. The van der Waals surface area contributed by atoms with E-state index in [-0.39, 0.29) is 17.7 Å². The van der Waals surface area contributed by atoms with E-state index in [2.05, 4.69) is 27.4 Å². The first-order valence-corrected chi connectivity index (χ1v) is 11.3. The Bertz CT molecular complexity index is 1140. The average molecular weight is 421 g/mol. The first-order valence-electron chi connectivity index (χ1n) is 10.5. The third-order valence-corrected chi connectivity index (χ3v) is 6.81. The van der Waals surface area contributed by atoms with Crippen LogP contribution in [0.5, 0.6) is 0 Å². The maximum Gasteiger partial charge on any atom is 0.259 e. The van der Waals surface area contributed by atoms with Gasteiger partial charge >= 0.3 is 0 Å². The van der Waals surface area contributed by atoms with Gasteiger partial charge in [0, 0.05) is 30.3 Å². The van der Waals surface area contributed by atoms with Crippen molar-refractivity contribution >= 4 is 44.7 Å². The van der Waals surface area contributed by atoms with E-state index in [9.17, 15) is 9.59 Å². The van der Waals surface area contributed by atoms with Crippen molar-refractivity contribution in [2.45, 2.75) is 32.7 Å². The van der Waals surface area contributed by atoms with E-state index < -0.39 is 0 Å².